The summed E-state index contributed by atoms with van der Waals surface area (Å²) in [6.45, 7) is 3.43. The minimum atomic E-state index is -3.88. The molecule has 2 aliphatic rings. The van der Waals surface area contributed by atoms with Crippen molar-refractivity contribution in [2.45, 2.75) is 37.7 Å². The lowest BCUT2D eigenvalue weighted by molar-refractivity contribution is 0.298. The largest absolute Gasteiger partial charge is 0.490 e. The summed E-state index contributed by atoms with van der Waals surface area (Å²) in [6, 6.07) is 10.8. The van der Waals surface area contributed by atoms with Crippen LogP contribution in [0.4, 0.5) is 11.4 Å². The second-order valence-electron chi connectivity index (χ2n) is 8.61. The standard InChI is InChI=1S/C25H26ClN3O4S/c1-16-19(26)6-4-8-24(16)34(30,31)28-25-18-5-3-7-20(18)27-14-23(25)33-15-17-9-10-21-22(13-17)32-12-11-29(21)2/h4,6,8-10,13-14H,3,5,7,11-12,15H2,1-2H3,(H,27,28). The van der Waals surface area contributed by atoms with Gasteiger partial charge in [0, 0.05) is 23.3 Å². The molecule has 0 fully saturated rings. The summed E-state index contributed by atoms with van der Waals surface area (Å²) in [5.41, 5.74) is 4.71. The molecule has 1 aliphatic heterocycles. The fraction of sp³-hybridized carbons (Fsp3) is 0.320. The smallest absolute Gasteiger partial charge is 0.262 e. The Morgan fingerprint density at radius 3 is 2.94 bits per heavy atom. The summed E-state index contributed by atoms with van der Waals surface area (Å²) in [5, 5.41) is 0.402. The zero-order valence-electron chi connectivity index (χ0n) is 19.1. The summed E-state index contributed by atoms with van der Waals surface area (Å²) in [7, 11) is -1.84. The fourth-order valence-corrected chi connectivity index (χ4v) is 6.04. The van der Waals surface area contributed by atoms with E-state index in [1.807, 2.05) is 25.2 Å². The fourth-order valence-electron chi connectivity index (χ4n) is 4.43. The predicted molar refractivity (Wildman–Crippen MR) is 133 cm³/mol. The Morgan fingerprint density at radius 1 is 1.24 bits per heavy atom. The number of aryl methyl sites for hydroxylation is 1. The van der Waals surface area contributed by atoms with Crippen LogP contribution in [-0.4, -0.2) is 33.6 Å². The number of anilines is 2. The van der Waals surface area contributed by atoms with E-state index in [9.17, 15) is 8.42 Å². The first-order valence-corrected chi connectivity index (χ1v) is 13.1. The van der Waals surface area contributed by atoms with Gasteiger partial charge in [-0.25, -0.2) is 8.42 Å². The van der Waals surface area contributed by atoms with Gasteiger partial charge in [0.05, 0.1) is 29.0 Å². The van der Waals surface area contributed by atoms with Gasteiger partial charge in [-0.3, -0.25) is 9.71 Å². The molecule has 34 heavy (non-hydrogen) atoms. The van der Waals surface area contributed by atoms with Crippen molar-refractivity contribution in [2.24, 2.45) is 0 Å². The third-order valence-electron chi connectivity index (χ3n) is 6.33. The number of likely N-dealkylation sites (N-methyl/N-ethyl adjacent to an activating group) is 1. The Kier molecular flexibility index (Phi) is 6.04. The maximum atomic E-state index is 13.3. The normalized spacial score (nSPS) is 14.9. The Balaban J connectivity index is 1.45. The van der Waals surface area contributed by atoms with Crippen molar-refractivity contribution in [3.8, 4) is 11.5 Å². The molecule has 1 aliphatic carbocycles. The molecule has 0 saturated carbocycles. The number of halogens is 1. The molecule has 2 aromatic carbocycles. The van der Waals surface area contributed by atoms with Crippen LogP contribution in [0, 0.1) is 6.92 Å². The first-order chi connectivity index (χ1) is 16.3. The van der Waals surface area contributed by atoms with Crippen LogP contribution in [0.5, 0.6) is 11.5 Å². The van der Waals surface area contributed by atoms with Gasteiger partial charge in [-0.15, -0.1) is 0 Å². The first kappa shape index (κ1) is 22.8. The number of benzene rings is 2. The van der Waals surface area contributed by atoms with Crippen LogP contribution < -0.4 is 19.1 Å². The molecule has 0 atom stereocenters. The minimum absolute atomic E-state index is 0.144. The van der Waals surface area contributed by atoms with E-state index in [1.165, 1.54) is 0 Å². The van der Waals surface area contributed by atoms with Crippen LogP contribution >= 0.6 is 11.6 Å². The van der Waals surface area contributed by atoms with E-state index in [0.717, 1.165) is 54.1 Å². The molecule has 178 valence electrons. The molecule has 0 bridgehead atoms. The van der Waals surface area contributed by atoms with Gasteiger partial charge >= 0.3 is 0 Å². The summed E-state index contributed by atoms with van der Waals surface area (Å²) in [5.74, 6) is 1.22. The summed E-state index contributed by atoms with van der Waals surface area (Å²) in [6.07, 6.45) is 4.09. The summed E-state index contributed by atoms with van der Waals surface area (Å²) in [4.78, 5) is 6.83. The minimum Gasteiger partial charge on any atom is -0.490 e. The number of fused-ring (bicyclic) bond motifs is 2. The van der Waals surface area contributed by atoms with Crippen molar-refractivity contribution in [2.75, 3.05) is 29.8 Å². The average Bonchev–Trinajstić information content (AvgIpc) is 3.29. The van der Waals surface area contributed by atoms with Crippen LogP contribution in [0.2, 0.25) is 5.02 Å². The number of ether oxygens (including phenoxy) is 2. The zero-order chi connectivity index (χ0) is 23.9. The second-order valence-corrected chi connectivity index (χ2v) is 10.7. The molecule has 7 nitrogen and oxygen atoms in total. The van der Waals surface area contributed by atoms with E-state index >= 15 is 0 Å². The molecule has 0 radical (unpaired) electrons. The Hall–Kier alpha value is -2.97. The van der Waals surface area contributed by atoms with Gasteiger partial charge in [-0.05, 0) is 61.6 Å². The van der Waals surface area contributed by atoms with E-state index in [0.29, 0.717) is 28.6 Å². The Morgan fingerprint density at radius 2 is 2.09 bits per heavy atom. The van der Waals surface area contributed by atoms with Gasteiger partial charge < -0.3 is 14.4 Å². The molecular formula is C25H26ClN3O4S. The molecule has 1 N–H and O–H groups in total. The molecule has 5 rings (SSSR count). The van der Waals surface area contributed by atoms with Crippen LogP contribution in [0.3, 0.4) is 0 Å². The monoisotopic (exact) mass is 499 g/mol. The zero-order valence-corrected chi connectivity index (χ0v) is 20.7. The third-order valence-corrected chi connectivity index (χ3v) is 8.24. The van der Waals surface area contributed by atoms with Crippen molar-refractivity contribution in [1.82, 2.24) is 4.98 Å². The van der Waals surface area contributed by atoms with Crippen LogP contribution in [-0.2, 0) is 29.5 Å². The van der Waals surface area contributed by atoms with E-state index < -0.39 is 10.0 Å². The van der Waals surface area contributed by atoms with Crippen molar-refractivity contribution < 1.29 is 17.9 Å². The van der Waals surface area contributed by atoms with Crippen LogP contribution in [0.1, 0.15) is 28.8 Å². The molecule has 3 aromatic rings. The van der Waals surface area contributed by atoms with Crippen molar-refractivity contribution in [3.05, 3.63) is 70.0 Å². The van der Waals surface area contributed by atoms with E-state index in [2.05, 4.69) is 14.6 Å². The topological polar surface area (TPSA) is 80.8 Å². The quantitative estimate of drug-likeness (QED) is 0.527. The molecule has 0 unspecified atom stereocenters. The van der Waals surface area contributed by atoms with Gasteiger partial charge in [0.15, 0.2) is 5.75 Å². The lowest BCUT2D eigenvalue weighted by Crippen LogP contribution is -2.28. The first-order valence-electron chi connectivity index (χ1n) is 11.2. The predicted octanol–water partition coefficient (Wildman–Crippen LogP) is 4.74. The number of sulfonamides is 1. The average molecular weight is 500 g/mol. The molecule has 1 aromatic heterocycles. The van der Waals surface area contributed by atoms with E-state index in [-0.39, 0.29) is 11.5 Å². The van der Waals surface area contributed by atoms with Crippen molar-refractivity contribution >= 4 is 33.0 Å². The Labute approximate surface area is 204 Å². The number of nitrogens with zero attached hydrogens (tertiary/aromatic N) is 2. The SMILES string of the molecule is Cc1c(Cl)cccc1S(=O)(=O)Nc1c(OCc2ccc3c(c2)OCCN3C)cnc2c1CCC2. The number of hydrogen-bond acceptors (Lipinski definition) is 6. The second kappa shape index (κ2) is 9.00. The number of aromatic nitrogens is 1. The highest BCUT2D eigenvalue weighted by molar-refractivity contribution is 7.92. The summed E-state index contributed by atoms with van der Waals surface area (Å²) < 4.78 is 41.3. The van der Waals surface area contributed by atoms with Crippen molar-refractivity contribution in [1.29, 1.82) is 0 Å². The Bertz CT molecular complexity index is 1360. The molecule has 0 spiro atoms. The lowest BCUT2D eigenvalue weighted by atomic mass is 10.1. The van der Waals surface area contributed by atoms with Crippen LogP contribution in [0.15, 0.2) is 47.5 Å². The van der Waals surface area contributed by atoms with Gasteiger partial charge in [-0.2, -0.15) is 0 Å². The highest BCUT2D eigenvalue weighted by Gasteiger charge is 2.26. The molecular weight excluding hydrogens is 474 g/mol. The molecule has 9 heteroatoms. The highest BCUT2D eigenvalue weighted by atomic mass is 35.5. The maximum absolute atomic E-state index is 13.3. The molecule has 0 saturated heterocycles. The maximum Gasteiger partial charge on any atom is 0.262 e. The number of hydrogen-bond donors (Lipinski definition) is 1. The molecule has 2 heterocycles. The number of nitrogens with one attached hydrogen (secondary N) is 1. The molecule has 0 amide bonds. The summed E-state index contributed by atoms with van der Waals surface area (Å²) >= 11 is 6.18. The lowest BCUT2D eigenvalue weighted by Gasteiger charge is -2.28. The number of rotatable bonds is 6. The van der Waals surface area contributed by atoms with E-state index in [4.69, 9.17) is 21.1 Å². The van der Waals surface area contributed by atoms with Crippen LogP contribution in [0.25, 0.3) is 0 Å². The highest BCUT2D eigenvalue weighted by Crippen LogP contribution is 2.38. The van der Waals surface area contributed by atoms with Gasteiger partial charge in [-0.1, -0.05) is 23.7 Å². The van der Waals surface area contributed by atoms with Gasteiger partial charge in [0.1, 0.15) is 19.0 Å². The van der Waals surface area contributed by atoms with Crippen molar-refractivity contribution in [3.63, 3.8) is 0 Å². The number of pyridine rings is 1. The third kappa shape index (κ3) is 4.28. The van der Waals surface area contributed by atoms with Gasteiger partial charge in [0.2, 0.25) is 0 Å². The van der Waals surface area contributed by atoms with E-state index in [1.54, 1.807) is 31.3 Å². The van der Waals surface area contributed by atoms with Gasteiger partial charge in [0.25, 0.3) is 10.0 Å².